The Balaban J connectivity index is 1.85. The maximum atomic E-state index is 12.8. The van der Waals surface area contributed by atoms with Gasteiger partial charge in [0.1, 0.15) is 5.75 Å². The normalized spacial score (nSPS) is 12.2. The Kier molecular flexibility index (Phi) is 3.98. The van der Waals surface area contributed by atoms with E-state index in [0.29, 0.717) is 22.4 Å². The highest BCUT2D eigenvalue weighted by Gasteiger charge is 2.26. The maximum absolute atomic E-state index is 12.8. The van der Waals surface area contributed by atoms with Crippen LogP contribution in [0.2, 0.25) is 0 Å². The summed E-state index contributed by atoms with van der Waals surface area (Å²) in [6.45, 7) is 0. The minimum absolute atomic E-state index is 0.00903. The second kappa shape index (κ2) is 6.45. The molecule has 3 aromatic carbocycles. The lowest BCUT2D eigenvalue weighted by atomic mass is 9.80. The number of carbonyl (C=O) groups is 2. The van der Waals surface area contributed by atoms with Gasteiger partial charge in [0, 0.05) is 16.7 Å². The van der Waals surface area contributed by atoms with E-state index in [0.717, 1.165) is 16.7 Å². The molecule has 4 rings (SSSR count). The van der Waals surface area contributed by atoms with Gasteiger partial charge in [0.05, 0.1) is 7.11 Å². The van der Waals surface area contributed by atoms with E-state index in [4.69, 9.17) is 4.74 Å². The van der Waals surface area contributed by atoms with Crippen LogP contribution < -0.4 is 4.74 Å². The van der Waals surface area contributed by atoms with Gasteiger partial charge in [-0.25, -0.2) is 0 Å². The summed E-state index contributed by atoms with van der Waals surface area (Å²) in [7, 11) is 1.59. The van der Waals surface area contributed by atoms with Crippen LogP contribution in [0.25, 0.3) is 5.57 Å². The molecule has 1 aliphatic rings. The number of hydrogen-bond donors (Lipinski definition) is 0. The molecule has 0 aromatic heterocycles. The number of methoxy groups -OCH3 is 1. The zero-order valence-corrected chi connectivity index (χ0v) is 14.2. The lowest BCUT2D eigenvalue weighted by Crippen LogP contribution is -2.15. The molecule has 0 fully saturated rings. The Morgan fingerprint density at radius 1 is 0.769 bits per heavy atom. The van der Waals surface area contributed by atoms with Crippen molar-refractivity contribution >= 4 is 17.1 Å². The lowest BCUT2D eigenvalue weighted by molar-refractivity contribution is 0.103. The van der Waals surface area contributed by atoms with Gasteiger partial charge in [0.25, 0.3) is 0 Å². The average Bonchev–Trinajstić information content (AvgIpc) is 2.71. The highest BCUT2D eigenvalue weighted by Crippen LogP contribution is 2.35. The van der Waals surface area contributed by atoms with Crippen molar-refractivity contribution < 1.29 is 14.3 Å². The molecule has 0 N–H and O–H groups in total. The van der Waals surface area contributed by atoms with Gasteiger partial charge in [-0.05, 0) is 47.0 Å². The summed E-state index contributed by atoms with van der Waals surface area (Å²) in [4.78, 5) is 25.6. The van der Waals surface area contributed by atoms with Gasteiger partial charge >= 0.3 is 0 Å². The summed E-state index contributed by atoms with van der Waals surface area (Å²) in [6.07, 6.45) is 1.62. The molecule has 3 aromatic rings. The predicted molar refractivity (Wildman–Crippen MR) is 101 cm³/mol. The molecule has 1 aliphatic carbocycles. The predicted octanol–water partition coefficient (Wildman–Crippen LogP) is 4.55. The van der Waals surface area contributed by atoms with E-state index < -0.39 is 0 Å². The topological polar surface area (TPSA) is 43.4 Å². The fourth-order valence-corrected chi connectivity index (χ4v) is 3.25. The van der Waals surface area contributed by atoms with Crippen molar-refractivity contribution in [1.29, 1.82) is 0 Å². The molecule has 0 saturated carbocycles. The van der Waals surface area contributed by atoms with Crippen LogP contribution in [0.4, 0.5) is 0 Å². The number of fused-ring (bicyclic) bond motifs is 2. The third kappa shape index (κ3) is 2.64. The Morgan fingerprint density at radius 2 is 1.27 bits per heavy atom. The maximum Gasteiger partial charge on any atom is 0.194 e. The highest BCUT2D eigenvalue weighted by atomic mass is 16.5. The number of allylic oxidation sites excluding steroid dienone is 1. The van der Waals surface area contributed by atoms with Crippen LogP contribution in [0.15, 0.2) is 78.9 Å². The van der Waals surface area contributed by atoms with Crippen LogP contribution in [0.1, 0.15) is 37.4 Å². The van der Waals surface area contributed by atoms with E-state index in [1.807, 2.05) is 36.4 Å². The number of carbonyl (C=O) groups excluding carboxylic acids is 2. The van der Waals surface area contributed by atoms with Gasteiger partial charge in [0.2, 0.25) is 0 Å². The summed E-state index contributed by atoms with van der Waals surface area (Å²) in [5, 5.41) is 0. The number of rotatable bonds is 3. The van der Waals surface area contributed by atoms with E-state index in [9.17, 15) is 9.59 Å². The smallest absolute Gasteiger partial charge is 0.194 e. The van der Waals surface area contributed by atoms with Crippen LogP contribution in [0.5, 0.6) is 5.75 Å². The van der Waals surface area contributed by atoms with Crippen LogP contribution >= 0.6 is 0 Å². The molecule has 3 nitrogen and oxygen atoms in total. The molecule has 0 heterocycles. The van der Waals surface area contributed by atoms with E-state index in [1.54, 1.807) is 49.6 Å². The van der Waals surface area contributed by atoms with E-state index in [-0.39, 0.29) is 11.6 Å². The minimum atomic E-state index is -0.110. The zero-order chi connectivity index (χ0) is 18.1. The van der Waals surface area contributed by atoms with Crippen LogP contribution in [-0.2, 0) is 0 Å². The van der Waals surface area contributed by atoms with Crippen LogP contribution in [-0.4, -0.2) is 18.7 Å². The summed E-state index contributed by atoms with van der Waals surface area (Å²) in [5.41, 5.74) is 4.18. The molecule has 0 atom stereocenters. The third-order valence-corrected chi connectivity index (χ3v) is 4.57. The second-order valence-corrected chi connectivity index (χ2v) is 6.07. The molecular formula is C23H16O3. The molecular weight excluding hydrogens is 324 g/mol. The summed E-state index contributed by atoms with van der Waals surface area (Å²) in [5.74, 6) is 0.583. The first kappa shape index (κ1) is 16.0. The number of benzene rings is 3. The van der Waals surface area contributed by atoms with Gasteiger partial charge in [-0.3, -0.25) is 9.59 Å². The SMILES string of the molecule is COc1ccc(C(=O)C=C2c3ccccc3C(=O)c3ccccc32)cc1. The Morgan fingerprint density at radius 3 is 1.77 bits per heavy atom. The fraction of sp³-hybridized carbons (Fsp3) is 0.0435. The first-order valence-electron chi connectivity index (χ1n) is 8.32. The monoisotopic (exact) mass is 340 g/mol. The second-order valence-electron chi connectivity index (χ2n) is 6.07. The molecule has 0 spiro atoms. The van der Waals surface area contributed by atoms with Crippen molar-refractivity contribution in [2.75, 3.05) is 7.11 Å². The number of ether oxygens (including phenoxy) is 1. The lowest BCUT2D eigenvalue weighted by Gasteiger charge is -2.21. The molecule has 126 valence electrons. The highest BCUT2D eigenvalue weighted by molar-refractivity contribution is 6.21. The molecule has 0 radical (unpaired) electrons. The minimum Gasteiger partial charge on any atom is -0.497 e. The van der Waals surface area contributed by atoms with Gasteiger partial charge in [0.15, 0.2) is 11.6 Å². The molecule has 0 saturated heterocycles. The Bertz CT molecular complexity index is 992. The third-order valence-electron chi connectivity index (χ3n) is 4.57. The summed E-state index contributed by atoms with van der Waals surface area (Å²) < 4.78 is 5.14. The Labute approximate surface area is 151 Å². The standard InChI is InChI=1S/C23H16O3/c1-26-16-12-10-15(11-13-16)22(24)14-21-17-6-2-4-8-19(17)23(25)20-9-5-3-7-18(20)21/h2-14H,1H3. The van der Waals surface area contributed by atoms with Gasteiger partial charge in [-0.2, -0.15) is 0 Å². The molecule has 0 unspecified atom stereocenters. The van der Waals surface area contributed by atoms with Gasteiger partial charge < -0.3 is 4.74 Å². The first-order chi connectivity index (χ1) is 12.7. The molecule has 0 aliphatic heterocycles. The van der Waals surface area contributed by atoms with Crippen LogP contribution in [0, 0.1) is 0 Å². The van der Waals surface area contributed by atoms with Crippen molar-refractivity contribution in [2.45, 2.75) is 0 Å². The number of ketones is 2. The van der Waals surface area contributed by atoms with Gasteiger partial charge in [-0.1, -0.05) is 48.5 Å². The quantitative estimate of drug-likeness (QED) is 0.406. The van der Waals surface area contributed by atoms with Gasteiger partial charge in [-0.15, -0.1) is 0 Å². The van der Waals surface area contributed by atoms with Crippen molar-refractivity contribution in [1.82, 2.24) is 0 Å². The van der Waals surface area contributed by atoms with E-state index in [2.05, 4.69) is 0 Å². The molecule has 0 amide bonds. The molecule has 0 bridgehead atoms. The van der Waals surface area contributed by atoms with Crippen molar-refractivity contribution in [3.8, 4) is 5.75 Å². The van der Waals surface area contributed by atoms with Crippen LogP contribution in [0.3, 0.4) is 0 Å². The van der Waals surface area contributed by atoms with Crippen molar-refractivity contribution in [3.05, 3.63) is 107 Å². The summed E-state index contributed by atoms with van der Waals surface area (Å²) in [6, 6.07) is 21.8. The molecule has 26 heavy (non-hydrogen) atoms. The fourth-order valence-electron chi connectivity index (χ4n) is 3.25. The first-order valence-corrected chi connectivity index (χ1v) is 8.32. The largest absolute Gasteiger partial charge is 0.497 e. The van der Waals surface area contributed by atoms with E-state index >= 15 is 0 Å². The van der Waals surface area contributed by atoms with Crippen molar-refractivity contribution in [3.63, 3.8) is 0 Å². The van der Waals surface area contributed by atoms with E-state index in [1.165, 1.54) is 0 Å². The van der Waals surface area contributed by atoms with Crippen molar-refractivity contribution in [2.24, 2.45) is 0 Å². The average molecular weight is 340 g/mol. The molecule has 3 heteroatoms. The Hall–Kier alpha value is -3.46. The summed E-state index contributed by atoms with van der Waals surface area (Å²) >= 11 is 0. The zero-order valence-electron chi connectivity index (χ0n) is 14.2. The number of hydrogen-bond acceptors (Lipinski definition) is 3.